The number of para-hydroxylation sites is 1. The second-order valence-corrected chi connectivity index (χ2v) is 11.7. The number of esters is 1. The van der Waals surface area contributed by atoms with Crippen molar-refractivity contribution in [1.29, 1.82) is 0 Å². The fourth-order valence-electron chi connectivity index (χ4n) is 5.63. The largest absolute Gasteiger partial charge is 0.494 e. The van der Waals surface area contributed by atoms with E-state index in [0.717, 1.165) is 41.7 Å². The SMILES string of the molecule is C=C/C=C\C(=O)Nc1cc(Nc2ncc(C(=O)OC(C)C)c(-c3cn(C)c4ccccc34)n2)c(OC)cc1N1CC[C@@H](N(C)C)C1. The van der Waals surface area contributed by atoms with Crippen LogP contribution in [0.5, 0.6) is 5.75 Å². The molecule has 2 N–H and O–H groups in total. The molecule has 1 amide bonds. The lowest BCUT2D eigenvalue weighted by molar-refractivity contribution is -0.111. The van der Waals surface area contributed by atoms with E-state index in [-0.39, 0.29) is 23.5 Å². The second kappa shape index (κ2) is 13.9. The number of fused-ring (bicyclic) bond motifs is 1. The quantitative estimate of drug-likeness (QED) is 0.122. The van der Waals surface area contributed by atoms with Crippen molar-refractivity contribution in [3.8, 4) is 17.0 Å². The molecule has 1 aliphatic rings. The maximum absolute atomic E-state index is 13.2. The Morgan fingerprint density at radius 2 is 1.96 bits per heavy atom. The summed E-state index contributed by atoms with van der Waals surface area (Å²) in [5.41, 5.74) is 4.45. The summed E-state index contributed by atoms with van der Waals surface area (Å²) < 4.78 is 13.4. The van der Waals surface area contributed by atoms with Gasteiger partial charge in [-0.2, -0.15) is 0 Å². The molecule has 1 atom stereocenters. The zero-order valence-corrected chi connectivity index (χ0v) is 27.2. The molecular weight excluding hydrogens is 582 g/mol. The first-order valence-corrected chi connectivity index (χ1v) is 15.2. The van der Waals surface area contributed by atoms with Gasteiger partial charge in [-0.05, 0) is 46.5 Å². The smallest absolute Gasteiger partial charge is 0.342 e. The number of nitrogens with one attached hydrogen (secondary N) is 2. The van der Waals surface area contributed by atoms with Gasteiger partial charge in [-0.1, -0.05) is 36.9 Å². The van der Waals surface area contributed by atoms with Crippen LogP contribution in [-0.2, 0) is 16.6 Å². The van der Waals surface area contributed by atoms with Crippen LogP contribution < -0.4 is 20.3 Å². The Balaban J connectivity index is 1.59. The van der Waals surface area contributed by atoms with Crippen molar-refractivity contribution in [2.24, 2.45) is 7.05 Å². The van der Waals surface area contributed by atoms with Crippen LogP contribution in [0.3, 0.4) is 0 Å². The summed E-state index contributed by atoms with van der Waals surface area (Å²) in [6, 6.07) is 12.0. The number of hydrogen-bond donors (Lipinski definition) is 2. The maximum atomic E-state index is 13.2. The first-order chi connectivity index (χ1) is 22.1. The highest BCUT2D eigenvalue weighted by atomic mass is 16.5. The fourth-order valence-corrected chi connectivity index (χ4v) is 5.63. The number of methoxy groups -OCH3 is 1. The lowest BCUT2D eigenvalue weighted by Gasteiger charge is -2.25. The minimum Gasteiger partial charge on any atom is -0.494 e. The third-order valence-electron chi connectivity index (χ3n) is 7.94. The molecule has 2 aromatic carbocycles. The summed E-state index contributed by atoms with van der Waals surface area (Å²) in [6.45, 7) is 8.89. The molecule has 240 valence electrons. The molecule has 5 rings (SSSR count). The number of hydrogen-bond acceptors (Lipinski definition) is 9. The molecule has 3 heterocycles. The monoisotopic (exact) mass is 623 g/mol. The predicted octanol–water partition coefficient (Wildman–Crippen LogP) is 5.77. The molecule has 4 aromatic rings. The molecule has 1 aliphatic heterocycles. The standard InChI is InChI=1S/C35H41N7O4/c1-8-9-14-32(43)37-27-17-28(31(45-7)18-30(27)42-16-15-23(20-42)40(4)5)38-35-36-19-25(34(44)46-22(2)3)33(39-35)26-21-41(6)29-13-11-10-12-24(26)29/h8-14,17-19,21-23H,1,15-16,20H2,2-7H3,(H,37,43)(H,36,38,39)/b14-9-/t23-/m1/s1. The van der Waals surface area contributed by atoms with Crippen molar-refractivity contribution >= 4 is 45.8 Å². The van der Waals surface area contributed by atoms with Gasteiger partial charge in [0.15, 0.2) is 0 Å². The topological polar surface area (TPSA) is 114 Å². The summed E-state index contributed by atoms with van der Waals surface area (Å²) in [4.78, 5) is 39.8. The Hall–Kier alpha value is -5.16. The number of allylic oxidation sites excluding steroid dienone is 2. The van der Waals surface area contributed by atoms with Gasteiger partial charge in [0, 0.05) is 67.2 Å². The van der Waals surface area contributed by atoms with Crippen LogP contribution in [-0.4, -0.2) is 77.8 Å². The number of carbonyl (C=O) groups is 2. The fraction of sp³-hybridized carbons (Fsp3) is 0.314. The number of amides is 1. The zero-order valence-electron chi connectivity index (χ0n) is 27.2. The Kier molecular flexibility index (Phi) is 9.72. The Morgan fingerprint density at radius 3 is 2.65 bits per heavy atom. The van der Waals surface area contributed by atoms with Gasteiger partial charge in [0.05, 0.1) is 36.0 Å². The van der Waals surface area contributed by atoms with Gasteiger partial charge in [-0.3, -0.25) is 4.79 Å². The molecule has 0 saturated carbocycles. The van der Waals surface area contributed by atoms with E-state index in [2.05, 4.69) is 46.1 Å². The van der Waals surface area contributed by atoms with Crippen LogP contribution in [0.2, 0.25) is 0 Å². The lowest BCUT2D eigenvalue weighted by Crippen LogP contribution is -2.31. The van der Waals surface area contributed by atoms with Gasteiger partial charge in [-0.25, -0.2) is 14.8 Å². The minimum atomic E-state index is -0.509. The molecule has 0 unspecified atom stereocenters. The lowest BCUT2D eigenvalue weighted by atomic mass is 10.1. The van der Waals surface area contributed by atoms with Crippen LogP contribution in [0.4, 0.5) is 23.0 Å². The summed E-state index contributed by atoms with van der Waals surface area (Å²) >= 11 is 0. The van der Waals surface area contributed by atoms with Gasteiger partial charge < -0.3 is 34.5 Å². The highest BCUT2D eigenvalue weighted by molar-refractivity contribution is 6.04. The van der Waals surface area contributed by atoms with Crippen molar-refractivity contribution in [3.05, 3.63) is 79.2 Å². The molecular formula is C35H41N7O4. The number of ether oxygens (including phenoxy) is 2. The second-order valence-electron chi connectivity index (χ2n) is 11.7. The van der Waals surface area contributed by atoms with E-state index in [4.69, 9.17) is 14.5 Å². The van der Waals surface area contributed by atoms with Crippen molar-refractivity contribution in [2.45, 2.75) is 32.4 Å². The predicted molar refractivity (Wildman–Crippen MR) is 183 cm³/mol. The van der Waals surface area contributed by atoms with Gasteiger partial charge in [-0.15, -0.1) is 0 Å². The van der Waals surface area contributed by atoms with E-state index in [1.807, 2.05) is 54.2 Å². The highest BCUT2D eigenvalue weighted by Gasteiger charge is 2.28. The van der Waals surface area contributed by atoms with Crippen molar-refractivity contribution in [3.63, 3.8) is 0 Å². The van der Waals surface area contributed by atoms with Crippen molar-refractivity contribution < 1.29 is 19.1 Å². The summed E-state index contributed by atoms with van der Waals surface area (Å²) in [7, 11) is 7.69. The van der Waals surface area contributed by atoms with Gasteiger partial charge in [0.2, 0.25) is 11.9 Å². The summed E-state index contributed by atoms with van der Waals surface area (Å²) in [5, 5.41) is 7.23. The summed E-state index contributed by atoms with van der Waals surface area (Å²) in [6.07, 6.45) is 8.67. The van der Waals surface area contributed by atoms with Crippen molar-refractivity contribution in [2.75, 3.05) is 49.8 Å². The molecule has 11 heteroatoms. The number of anilines is 4. The van der Waals surface area contributed by atoms with Gasteiger partial charge in [0.1, 0.15) is 11.3 Å². The molecule has 46 heavy (non-hydrogen) atoms. The van der Waals surface area contributed by atoms with Crippen LogP contribution in [0.25, 0.3) is 22.2 Å². The Morgan fingerprint density at radius 1 is 1.17 bits per heavy atom. The number of aryl methyl sites for hydroxylation is 1. The van der Waals surface area contributed by atoms with E-state index in [0.29, 0.717) is 28.9 Å². The molecule has 0 bridgehead atoms. The first kappa shape index (κ1) is 32.2. The number of aromatic nitrogens is 3. The number of nitrogens with zero attached hydrogens (tertiary/aromatic N) is 5. The number of benzene rings is 2. The first-order valence-electron chi connectivity index (χ1n) is 15.2. The van der Waals surface area contributed by atoms with Crippen LogP contribution >= 0.6 is 0 Å². The highest BCUT2D eigenvalue weighted by Crippen LogP contribution is 2.40. The van der Waals surface area contributed by atoms with Gasteiger partial charge >= 0.3 is 5.97 Å². The van der Waals surface area contributed by atoms with Crippen LogP contribution in [0, 0.1) is 0 Å². The summed E-state index contributed by atoms with van der Waals surface area (Å²) in [5.74, 6) is -0.0111. The number of likely N-dealkylation sites (N-methyl/N-ethyl adjacent to an activating group) is 1. The van der Waals surface area contributed by atoms with E-state index in [1.165, 1.54) is 12.3 Å². The molecule has 0 radical (unpaired) electrons. The number of carbonyl (C=O) groups excluding carboxylic acids is 2. The van der Waals surface area contributed by atoms with E-state index in [1.54, 1.807) is 33.1 Å². The van der Waals surface area contributed by atoms with Crippen LogP contribution in [0.15, 0.2) is 73.6 Å². The molecule has 1 fully saturated rings. The molecule has 2 aromatic heterocycles. The normalized spacial score (nSPS) is 14.8. The molecule has 0 spiro atoms. The van der Waals surface area contributed by atoms with Crippen molar-refractivity contribution in [1.82, 2.24) is 19.4 Å². The van der Waals surface area contributed by atoms with E-state index >= 15 is 0 Å². The average molecular weight is 624 g/mol. The molecule has 11 nitrogen and oxygen atoms in total. The Bertz CT molecular complexity index is 1790. The average Bonchev–Trinajstić information content (AvgIpc) is 3.65. The van der Waals surface area contributed by atoms with Crippen LogP contribution in [0.1, 0.15) is 30.6 Å². The third-order valence-corrected chi connectivity index (χ3v) is 7.94. The van der Waals surface area contributed by atoms with Gasteiger partial charge in [0.25, 0.3) is 0 Å². The van der Waals surface area contributed by atoms with E-state index < -0.39 is 5.97 Å². The maximum Gasteiger partial charge on any atom is 0.342 e. The minimum absolute atomic E-state index is 0.243. The molecule has 1 saturated heterocycles. The number of rotatable bonds is 11. The van der Waals surface area contributed by atoms with E-state index in [9.17, 15) is 9.59 Å². The third kappa shape index (κ3) is 6.89. The molecule has 0 aliphatic carbocycles. The Labute approximate surface area is 269 Å². The zero-order chi connectivity index (χ0) is 33.0.